The third-order valence-corrected chi connectivity index (χ3v) is 3.82. The maximum Gasteiger partial charge on any atom is 0.327 e. The van der Waals surface area contributed by atoms with Crippen LogP contribution in [-0.4, -0.2) is 29.0 Å². The summed E-state index contributed by atoms with van der Waals surface area (Å²) in [6.45, 7) is -0.261. The van der Waals surface area contributed by atoms with E-state index in [1.54, 1.807) is 42.5 Å². The molecule has 0 bridgehead atoms. The van der Waals surface area contributed by atoms with Gasteiger partial charge in [-0.1, -0.05) is 29.8 Å². The minimum Gasteiger partial charge on any atom is -0.490 e. The summed E-state index contributed by atoms with van der Waals surface area (Å²) in [7, 11) is 0. The van der Waals surface area contributed by atoms with Gasteiger partial charge < -0.3 is 9.47 Å². The molecule has 2 aromatic carbocycles. The molecular formula is C18H15ClN2O5. The van der Waals surface area contributed by atoms with Gasteiger partial charge in [0.05, 0.1) is 10.8 Å². The Morgan fingerprint density at radius 3 is 2.58 bits per heavy atom. The van der Waals surface area contributed by atoms with E-state index in [1.165, 1.54) is 6.07 Å². The average Bonchev–Trinajstić information content (AvgIpc) is 2.63. The first-order chi connectivity index (χ1) is 12.5. The van der Waals surface area contributed by atoms with Gasteiger partial charge in [-0.15, -0.1) is 0 Å². The van der Waals surface area contributed by atoms with Crippen LogP contribution in [0.4, 0.5) is 0 Å². The van der Waals surface area contributed by atoms with E-state index in [0.717, 1.165) is 4.68 Å². The molecule has 0 amide bonds. The fraction of sp³-hybridized carbons (Fsp3) is 0.167. The van der Waals surface area contributed by atoms with E-state index in [2.05, 4.69) is 5.10 Å². The van der Waals surface area contributed by atoms with Gasteiger partial charge in [-0.3, -0.25) is 19.5 Å². The molecule has 1 heterocycles. The van der Waals surface area contributed by atoms with E-state index in [-0.39, 0.29) is 24.0 Å². The Morgan fingerprint density at radius 2 is 1.81 bits per heavy atom. The molecule has 0 radical (unpaired) electrons. The van der Waals surface area contributed by atoms with Crippen molar-refractivity contribution in [1.29, 1.82) is 0 Å². The van der Waals surface area contributed by atoms with Crippen LogP contribution < -0.4 is 15.9 Å². The van der Waals surface area contributed by atoms with Crippen molar-refractivity contribution in [2.45, 2.75) is 6.54 Å². The van der Waals surface area contributed by atoms with Crippen molar-refractivity contribution in [2.24, 2.45) is 0 Å². The van der Waals surface area contributed by atoms with Crippen LogP contribution in [0, 0.1) is 0 Å². The minimum absolute atomic E-state index is 0.00207. The van der Waals surface area contributed by atoms with Gasteiger partial charge in [-0.05, 0) is 30.3 Å². The molecule has 0 saturated heterocycles. The number of carbonyl (C=O) groups excluding carboxylic acids is 1. The minimum atomic E-state index is -0.660. The van der Waals surface area contributed by atoms with Gasteiger partial charge in [-0.25, -0.2) is 4.68 Å². The first kappa shape index (κ1) is 17.8. The molecule has 1 aromatic heterocycles. The number of H-pyrrole nitrogens is 1. The Kier molecular flexibility index (Phi) is 5.38. The Morgan fingerprint density at radius 1 is 1.04 bits per heavy atom. The highest BCUT2D eigenvalue weighted by atomic mass is 35.5. The zero-order valence-electron chi connectivity index (χ0n) is 13.6. The Bertz CT molecular complexity index is 1060. The van der Waals surface area contributed by atoms with Crippen LogP contribution in [-0.2, 0) is 16.1 Å². The number of esters is 1. The van der Waals surface area contributed by atoms with Gasteiger partial charge in [0.1, 0.15) is 25.5 Å². The standard InChI is InChI=1S/C18H15ClN2O5/c19-12-4-3-5-13(10-12)25-8-9-26-16(22)11-21-18(24)15-7-2-1-6-14(15)17(23)20-21/h1-7,10H,8-9,11H2,(H,20,23). The van der Waals surface area contributed by atoms with Crippen LogP contribution in [0.3, 0.4) is 0 Å². The average molecular weight is 375 g/mol. The molecule has 0 atom stereocenters. The van der Waals surface area contributed by atoms with Crippen LogP contribution in [0.2, 0.25) is 5.02 Å². The summed E-state index contributed by atoms with van der Waals surface area (Å²) >= 11 is 5.84. The van der Waals surface area contributed by atoms with E-state index in [0.29, 0.717) is 10.8 Å². The fourth-order valence-corrected chi connectivity index (χ4v) is 2.58. The Balaban J connectivity index is 1.58. The van der Waals surface area contributed by atoms with Crippen molar-refractivity contribution >= 4 is 28.3 Å². The number of aromatic nitrogens is 2. The number of halogens is 1. The van der Waals surface area contributed by atoms with Gasteiger partial charge in [0.15, 0.2) is 0 Å². The number of benzene rings is 2. The van der Waals surface area contributed by atoms with E-state index in [4.69, 9.17) is 21.1 Å². The lowest BCUT2D eigenvalue weighted by molar-refractivity contribution is -0.145. The number of fused-ring (bicyclic) bond motifs is 1. The number of hydrogen-bond acceptors (Lipinski definition) is 5. The van der Waals surface area contributed by atoms with Crippen molar-refractivity contribution in [3.8, 4) is 5.75 Å². The predicted molar refractivity (Wildman–Crippen MR) is 96.7 cm³/mol. The van der Waals surface area contributed by atoms with Crippen LogP contribution in [0.25, 0.3) is 10.8 Å². The largest absolute Gasteiger partial charge is 0.490 e. The smallest absolute Gasteiger partial charge is 0.327 e. The number of nitrogens with zero attached hydrogens (tertiary/aromatic N) is 1. The lowest BCUT2D eigenvalue weighted by Crippen LogP contribution is -2.33. The highest BCUT2D eigenvalue weighted by Crippen LogP contribution is 2.16. The van der Waals surface area contributed by atoms with E-state index in [9.17, 15) is 14.4 Å². The second-order valence-electron chi connectivity index (χ2n) is 5.40. The molecule has 0 aliphatic heterocycles. The van der Waals surface area contributed by atoms with Crippen molar-refractivity contribution in [3.05, 3.63) is 74.3 Å². The summed E-state index contributed by atoms with van der Waals surface area (Å²) in [5.74, 6) is -0.101. The zero-order valence-corrected chi connectivity index (χ0v) is 14.4. The molecule has 134 valence electrons. The molecule has 26 heavy (non-hydrogen) atoms. The molecule has 0 aliphatic rings. The van der Waals surface area contributed by atoms with Crippen molar-refractivity contribution < 1.29 is 14.3 Å². The van der Waals surface area contributed by atoms with Gasteiger partial charge in [0, 0.05) is 5.02 Å². The molecule has 7 nitrogen and oxygen atoms in total. The lowest BCUT2D eigenvalue weighted by Gasteiger charge is -2.09. The number of ether oxygens (including phenoxy) is 2. The molecular weight excluding hydrogens is 360 g/mol. The zero-order chi connectivity index (χ0) is 18.5. The number of rotatable bonds is 6. The van der Waals surface area contributed by atoms with E-state index in [1.807, 2.05) is 0 Å². The van der Waals surface area contributed by atoms with E-state index < -0.39 is 23.6 Å². The molecule has 1 N–H and O–H groups in total. The second kappa shape index (κ2) is 7.88. The monoisotopic (exact) mass is 374 g/mol. The number of carbonyl (C=O) groups is 1. The molecule has 0 spiro atoms. The lowest BCUT2D eigenvalue weighted by atomic mass is 10.2. The quantitative estimate of drug-likeness (QED) is 0.526. The van der Waals surface area contributed by atoms with Crippen molar-refractivity contribution in [1.82, 2.24) is 9.78 Å². The van der Waals surface area contributed by atoms with Crippen LogP contribution in [0.15, 0.2) is 58.1 Å². The predicted octanol–water partition coefficient (Wildman–Crippen LogP) is 1.97. The third-order valence-electron chi connectivity index (χ3n) is 3.58. The second-order valence-corrected chi connectivity index (χ2v) is 5.84. The number of nitrogens with one attached hydrogen (secondary N) is 1. The molecule has 3 rings (SSSR count). The third kappa shape index (κ3) is 4.12. The van der Waals surface area contributed by atoms with Crippen LogP contribution in [0.1, 0.15) is 0 Å². The van der Waals surface area contributed by atoms with Crippen LogP contribution in [0.5, 0.6) is 5.75 Å². The summed E-state index contributed by atoms with van der Waals surface area (Å²) in [5.41, 5.74) is -0.912. The van der Waals surface area contributed by atoms with Crippen molar-refractivity contribution in [2.75, 3.05) is 13.2 Å². The fourth-order valence-electron chi connectivity index (χ4n) is 2.40. The highest BCUT2D eigenvalue weighted by Gasteiger charge is 2.11. The maximum atomic E-state index is 12.3. The normalized spacial score (nSPS) is 10.7. The molecule has 3 aromatic rings. The Labute approximate surface area is 152 Å². The van der Waals surface area contributed by atoms with E-state index >= 15 is 0 Å². The maximum absolute atomic E-state index is 12.3. The summed E-state index contributed by atoms with van der Waals surface area (Å²) < 4.78 is 11.4. The number of aromatic amines is 1. The Hall–Kier alpha value is -3.06. The molecule has 8 heteroatoms. The van der Waals surface area contributed by atoms with Gasteiger partial charge in [0.25, 0.3) is 11.1 Å². The summed E-state index contributed by atoms with van der Waals surface area (Å²) in [4.78, 5) is 36.2. The van der Waals surface area contributed by atoms with Gasteiger partial charge in [0.2, 0.25) is 0 Å². The molecule has 0 saturated carbocycles. The van der Waals surface area contributed by atoms with Gasteiger partial charge >= 0.3 is 5.97 Å². The first-order valence-electron chi connectivity index (χ1n) is 7.80. The van der Waals surface area contributed by atoms with Gasteiger partial charge in [-0.2, -0.15) is 0 Å². The summed E-state index contributed by atoms with van der Waals surface area (Å²) in [5, 5.41) is 3.43. The summed E-state index contributed by atoms with van der Waals surface area (Å²) in [6.07, 6.45) is 0. The highest BCUT2D eigenvalue weighted by molar-refractivity contribution is 6.30. The van der Waals surface area contributed by atoms with Crippen LogP contribution >= 0.6 is 11.6 Å². The van der Waals surface area contributed by atoms with Crippen molar-refractivity contribution in [3.63, 3.8) is 0 Å². The molecule has 0 aliphatic carbocycles. The first-order valence-corrected chi connectivity index (χ1v) is 8.18. The summed E-state index contributed by atoms with van der Waals surface area (Å²) in [6, 6.07) is 13.2. The number of hydrogen-bond donors (Lipinski definition) is 1. The topological polar surface area (TPSA) is 90.4 Å². The SMILES string of the molecule is O=C(Cn1[nH]c(=O)c2ccccc2c1=O)OCCOc1cccc(Cl)c1. The molecule has 0 fully saturated rings. The molecule has 0 unspecified atom stereocenters.